The number of hydrogen-bond acceptors (Lipinski definition) is 6. The number of nitrogens with zero attached hydrogens (tertiary/aromatic N) is 3. The molecule has 0 radical (unpaired) electrons. The summed E-state index contributed by atoms with van der Waals surface area (Å²) in [6.07, 6.45) is 0. The molecular weight excluding hydrogens is 408 g/mol. The maximum Gasteiger partial charge on any atom is 0.257 e. The van der Waals surface area contributed by atoms with Crippen LogP contribution in [0, 0.1) is 6.92 Å². The summed E-state index contributed by atoms with van der Waals surface area (Å²) in [4.78, 5) is 12.6. The molecule has 29 heavy (non-hydrogen) atoms. The Morgan fingerprint density at radius 1 is 1.00 bits per heavy atom. The fourth-order valence-electron chi connectivity index (χ4n) is 2.75. The highest BCUT2D eigenvalue weighted by Crippen LogP contribution is 2.27. The van der Waals surface area contributed by atoms with Gasteiger partial charge in [0.25, 0.3) is 5.91 Å². The van der Waals surface area contributed by atoms with Gasteiger partial charge in [-0.3, -0.25) is 10.1 Å². The standard InChI is InChI=1S/C20H22N4O3S2/c1-4-24(5-2)29(26,27)17-12-10-15(11-13-17)18(25)21-20-23-22-19(28-20)16-8-6-14(3)7-9-16/h6-13H,4-5H2,1-3H3,(H,21,23,25). The molecule has 0 aliphatic carbocycles. The summed E-state index contributed by atoms with van der Waals surface area (Å²) in [5, 5.41) is 11.9. The Morgan fingerprint density at radius 3 is 2.21 bits per heavy atom. The van der Waals surface area contributed by atoms with Crippen molar-refractivity contribution >= 4 is 32.4 Å². The Hall–Kier alpha value is -2.62. The minimum Gasteiger partial charge on any atom is -0.296 e. The van der Waals surface area contributed by atoms with Crippen molar-refractivity contribution in [3.8, 4) is 10.6 Å². The molecule has 2 aromatic carbocycles. The van der Waals surface area contributed by atoms with E-state index in [1.807, 2.05) is 31.2 Å². The average molecular weight is 431 g/mol. The maximum atomic E-state index is 12.5. The van der Waals surface area contributed by atoms with Crippen LogP contribution in [0.4, 0.5) is 5.13 Å². The van der Waals surface area contributed by atoms with Crippen LogP contribution < -0.4 is 5.32 Å². The van der Waals surface area contributed by atoms with E-state index in [-0.39, 0.29) is 10.8 Å². The summed E-state index contributed by atoms with van der Waals surface area (Å²) in [6.45, 7) is 6.36. The van der Waals surface area contributed by atoms with Gasteiger partial charge < -0.3 is 0 Å². The van der Waals surface area contributed by atoms with Crippen LogP contribution in [0.25, 0.3) is 10.6 Å². The lowest BCUT2D eigenvalue weighted by molar-refractivity contribution is 0.102. The predicted molar refractivity (Wildman–Crippen MR) is 115 cm³/mol. The number of nitrogens with one attached hydrogen (secondary N) is 1. The van der Waals surface area contributed by atoms with Crippen molar-refractivity contribution in [1.29, 1.82) is 0 Å². The highest BCUT2D eigenvalue weighted by atomic mass is 32.2. The highest BCUT2D eigenvalue weighted by Gasteiger charge is 2.21. The normalized spacial score (nSPS) is 11.6. The molecule has 3 aromatic rings. The Bertz CT molecular complexity index is 1090. The molecule has 1 aromatic heterocycles. The molecule has 0 fully saturated rings. The summed E-state index contributed by atoms with van der Waals surface area (Å²) in [5.74, 6) is -0.372. The molecule has 1 amide bonds. The van der Waals surface area contributed by atoms with Crippen LogP contribution in [0.1, 0.15) is 29.8 Å². The number of aryl methyl sites for hydroxylation is 1. The van der Waals surface area contributed by atoms with Gasteiger partial charge in [-0.05, 0) is 31.2 Å². The number of amides is 1. The third kappa shape index (κ3) is 4.69. The first-order valence-corrected chi connectivity index (χ1v) is 11.4. The van der Waals surface area contributed by atoms with E-state index in [2.05, 4.69) is 15.5 Å². The van der Waals surface area contributed by atoms with Gasteiger partial charge in [-0.2, -0.15) is 4.31 Å². The van der Waals surface area contributed by atoms with Gasteiger partial charge in [0.15, 0.2) is 0 Å². The summed E-state index contributed by atoms with van der Waals surface area (Å²) < 4.78 is 26.4. The average Bonchev–Trinajstić information content (AvgIpc) is 3.17. The zero-order valence-electron chi connectivity index (χ0n) is 16.4. The monoisotopic (exact) mass is 430 g/mol. The van der Waals surface area contributed by atoms with Crippen molar-refractivity contribution in [3.63, 3.8) is 0 Å². The van der Waals surface area contributed by atoms with Crippen molar-refractivity contribution in [1.82, 2.24) is 14.5 Å². The summed E-state index contributed by atoms with van der Waals surface area (Å²) in [5.41, 5.74) is 2.42. The Labute approximate surface area is 174 Å². The van der Waals surface area contributed by atoms with Gasteiger partial charge in [-0.15, -0.1) is 10.2 Å². The molecule has 0 bridgehead atoms. The van der Waals surface area contributed by atoms with Crippen LogP contribution >= 0.6 is 11.3 Å². The second-order valence-corrected chi connectivity index (χ2v) is 9.26. The first-order chi connectivity index (χ1) is 13.8. The topological polar surface area (TPSA) is 92.3 Å². The molecule has 9 heteroatoms. The van der Waals surface area contributed by atoms with E-state index in [9.17, 15) is 13.2 Å². The SMILES string of the molecule is CCN(CC)S(=O)(=O)c1ccc(C(=O)Nc2nnc(-c3ccc(C)cc3)s2)cc1. The summed E-state index contributed by atoms with van der Waals surface area (Å²) in [6, 6.07) is 13.8. The van der Waals surface area contributed by atoms with Crippen LogP contribution in [0.5, 0.6) is 0 Å². The number of carbonyl (C=O) groups excluding carboxylic acids is 1. The lowest BCUT2D eigenvalue weighted by Gasteiger charge is -2.18. The summed E-state index contributed by atoms with van der Waals surface area (Å²) in [7, 11) is -3.55. The van der Waals surface area contributed by atoms with E-state index >= 15 is 0 Å². The number of rotatable bonds is 7. The zero-order chi connectivity index (χ0) is 21.0. The van der Waals surface area contributed by atoms with E-state index in [4.69, 9.17) is 0 Å². The second-order valence-electron chi connectivity index (χ2n) is 6.35. The van der Waals surface area contributed by atoms with Gasteiger partial charge in [0, 0.05) is 24.2 Å². The Balaban J connectivity index is 1.72. The molecule has 7 nitrogen and oxygen atoms in total. The number of carbonyl (C=O) groups is 1. The van der Waals surface area contributed by atoms with Crippen molar-refractivity contribution in [2.45, 2.75) is 25.7 Å². The van der Waals surface area contributed by atoms with Crippen LogP contribution in [0.3, 0.4) is 0 Å². The maximum absolute atomic E-state index is 12.5. The van der Waals surface area contributed by atoms with Gasteiger partial charge >= 0.3 is 0 Å². The Morgan fingerprint density at radius 2 is 1.62 bits per heavy atom. The van der Waals surface area contributed by atoms with Crippen LogP contribution in [0.15, 0.2) is 53.4 Å². The first kappa shape index (κ1) is 21.1. The van der Waals surface area contributed by atoms with E-state index in [0.717, 1.165) is 11.1 Å². The van der Waals surface area contributed by atoms with Crippen molar-refractivity contribution in [2.24, 2.45) is 0 Å². The minimum atomic E-state index is -3.55. The van der Waals surface area contributed by atoms with Crippen LogP contribution in [-0.4, -0.2) is 41.9 Å². The lowest BCUT2D eigenvalue weighted by Crippen LogP contribution is -2.30. The minimum absolute atomic E-state index is 0.162. The molecule has 0 saturated heterocycles. The number of anilines is 1. The molecule has 0 atom stereocenters. The van der Waals surface area contributed by atoms with E-state index in [0.29, 0.717) is 28.8 Å². The smallest absolute Gasteiger partial charge is 0.257 e. The number of hydrogen-bond donors (Lipinski definition) is 1. The highest BCUT2D eigenvalue weighted by molar-refractivity contribution is 7.89. The second kappa shape index (κ2) is 8.81. The molecule has 152 valence electrons. The van der Waals surface area contributed by atoms with Crippen molar-refractivity contribution in [3.05, 3.63) is 59.7 Å². The van der Waals surface area contributed by atoms with Crippen LogP contribution in [-0.2, 0) is 10.0 Å². The third-order valence-electron chi connectivity index (χ3n) is 4.40. The van der Waals surface area contributed by atoms with Crippen molar-refractivity contribution < 1.29 is 13.2 Å². The van der Waals surface area contributed by atoms with Gasteiger partial charge in [0.05, 0.1) is 4.90 Å². The fraction of sp³-hybridized carbons (Fsp3) is 0.250. The number of sulfonamides is 1. The fourth-order valence-corrected chi connectivity index (χ4v) is 4.95. The van der Waals surface area contributed by atoms with E-state index < -0.39 is 10.0 Å². The Kier molecular flexibility index (Phi) is 6.41. The molecule has 0 saturated carbocycles. The van der Waals surface area contributed by atoms with E-state index in [1.54, 1.807) is 13.8 Å². The van der Waals surface area contributed by atoms with Crippen LogP contribution in [0.2, 0.25) is 0 Å². The molecule has 3 rings (SSSR count). The van der Waals surface area contributed by atoms with Gasteiger partial charge in [0.1, 0.15) is 5.01 Å². The van der Waals surface area contributed by atoms with Gasteiger partial charge in [-0.1, -0.05) is 55.0 Å². The molecule has 1 heterocycles. The quantitative estimate of drug-likeness (QED) is 0.616. The van der Waals surface area contributed by atoms with Crippen molar-refractivity contribution in [2.75, 3.05) is 18.4 Å². The van der Waals surface area contributed by atoms with Gasteiger partial charge in [-0.25, -0.2) is 8.42 Å². The third-order valence-corrected chi connectivity index (χ3v) is 7.36. The first-order valence-electron chi connectivity index (χ1n) is 9.17. The molecule has 0 aliphatic heterocycles. The molecule has 0 aliphatic rings. The number of benzene rings is 2. The van der Waals surface area contributed by atoms with E-state index in [1.165, 1.54) is 39.9 Å². The van der Waals surface area contributed by atoms with Gasteiger partial charge in [0.2, 0.25) is 15.2 Å². The lowest BCUT2D eigenvalue weighted by atomic mass is 10.2. The summed E-state index contributed by atoms with van der Waals surface area (Å²) >= 11 is 1.28. The zero-order valence-corrected chi connectivity index (χ0v) is 18.0. The molecule has 0 unspecified atom stereocenters. The predicted octanol–water partition coefficient (Wildman–Crippen LogP) is 3.80. The molecule has 0 spiro atoms. The molecular formula is C20H22N4O3S2. The number of aromatic nitrogens is 2. The molecule has 1 N–H and O–H groups in total. The largest absolute Gasteiger partial charge is 0.296 e.